The number of hydrogen-bond acceptors (Lipinski definition) is 5. The molecule has 2 N–H and O–H groups in total. The van der Waals surface area contributed by atoms with Gasteiger partial charge >= 0.3 is 0 Å². The molecule has 0 aliphatic carbocycles. The van der Waals surface area contributed by atoms with Gasteiger partial charge in [0.1, 0.15) is 0 Å². The molecule has 1 aromatic rings. The minimum atomic E-state index is -3.49. The van der Waals surface area contributed by atoms with Gasteiger partial charge in [-0.1, -0.05) is 18.2 Å². The van der Waals surface area contributed by atoms with Crippen molar-refractivity contribution in [2.45, 2.75) is 17.4 Å². The van der Waals surface area contributed by atoms with Crippen molar-refractivity contribution in [1.29, 1.82) is 0 Å². The molecular formula is C12H18N2O4S2. The highest BCUT2D eigenvalue weighted by Crippen LogP contribution is 2.10. The first-order valence-electron chi connectivity index (χ1n) is 6.38. The molecule has 8 heteroatoms. The van der Waals surface area contributed by atoms with E-state index in [1.807, 2.05) is 0 Å². The Morgan fingerprint density at radius 2 is 1.85 bits per heavy atom. The van der Waals surface area contributed by atoms with E-state index in [2.05, 4.69) is 10.0 Å². The number of sulfonamides is 1. The van der Waals surface area contributed by atoms with Crippen LogP contribution in [0, 0.1) is 0 Å². The second-order valence-electron chi connectivity index (χ2n) is 4.76. The third kappa shape index (κ3) is 4.27. The molecule has 0 amide bonds. The summed E-state index contributed by atoms with van der Waals surface area (Å²) in [5.41, 5.74) is 0. The highest BCUT2D eigenvalue weighted by molar-refractivity contribution is 7.91. The molecule has 1 aliphatic heterocycles. The second-order valence-corrected chi connectivity index (χ2v) is 8.76. The van der Waals surface area contributed by atoms with Crippen molar-refractivity contribution in [2.75, 3.05) is 24.6 Å². The van der Waals surface area contributed by atoms with Crippen molar-refractivity contribution in [3.8, 4) is 0 Å². The molecule has 1 atom stereocenters. The second kappa shape index (κ2) is 6.21. The van der Waals surface area contributed by atoms with Crippen LogP contribution in [0.4, 0.5) is 0 Å². The van der Waals surface area contributed by atoms with Crippen LogP contribution in [0.1, 0.15) is 6.42 Å². The molecule has 0 radical (unpaired) electrons. The van der Waals surface area contributed by atoms with Crippen molar-refractivity contribution >= 4 is 19.9 Å². The number of nitrogens with one attached hydrogen (secondary N) is 2. The van der Waals surface area contributed by atoms with Crippen LogP contribution in [0.15, 0.2) is 35.2 Å². The normalized spacial score (nSPS) is 21.9. The fourth-order valence-electron chi connectivity index (χ4n) is 2.10. The first kappa shape index (κ1) is 15.4. The molecule has 0 aromatic heterocycles. The minimum Gasteiger partial charge on any atom is -0.312 e. The Balaban J connectivity index is 1.77. The summed E-state index contributed by atoms with van der Waals surface area (Å²) in [6.07, 6.45) is 0.591. The SMILES string of the molecule is O=S1(=O)CC[C@@H](NCCNS(=O)(=O)c2ccccc2)C1. The Morgan fingerprint density at radius 1 is 1.15 bits per heavy atom. The monoisotopic (exact) mass is 318 g/mol. The summed E-state index contributed by atoms with van der Waals surface area (Å²) in [6.45, 7) is 0.639. The molecule has 1 saturated heterocycles. The molecular weight excluding hydrogens is 300 g/mol. The van der Waals surface area contributed by atoms with E-state index in [9.17, 15) is 16.8 Å². The lowest BCUT2D eigenvalue weighted by molar-refractivity contribution is 0.542. The first-order chi connectivity index (χ1) is 9.39. The molecule has 6 nitrogen and oxygen atoms in total. The molecule has 2 rings (SSSR count). The van der Waals surface area contributed by atoms with E-state index in [1.165, 1.54) is 12.1 Å². The number of hydrogen-bond donors (Lipinski definition) is 2. The van der Waals surface area contributed by atoms with Crippen LogP contribution < -0.4 is 10.0 Å². The average molecular weight is 318 g/mol. The summed E-state index contributed by atoms with van der Waals surface area (Å²) < 4.78 is 48.8. The van der Waals surface area contributed by atoms with Crippen LogP contribution >= 0.6 is 0 Å². The Morgan fingerprint density at radius 3 is 2.45 bits per heavy atom. The summed E-state index contributed by atoms with van der Waals surface area (Å²) in [4.78, 5) is 0.225. The molecule has 0 bridgehead atoms. The Kier molecular flexibility index (Phi) is 4.79. The summed E-state index contributed by atoms with van der Waals surface area (Å²) in [7, 11) is -6.39. The summed E-state index contributed by atoms with van der Waals surface area (Å²) in [5.74, 6) is 0.346. The molecule has 1 aliphatic rings. The summed E-state index contributed by atoms with van der Waals surface area (Å²) >= 11 is 0. The molecule has 0 spiro atoms. The zero-order valence-electron chi connectivity index (χ0n) is 10.9. The Labute approximate surface area is 119 Å². The van der Waals surface area contributed by atoms with E-state index in [4.69, 9.17) is 0 Å². The Bertz CT molecular complexity index is 641. The number of benzene rings is 1. The predicted molar refractivity (Wildman–Crippen MR) is 76.7 cm³/mol. The van der Waals surface area contributed by atoms with Crippen molar-refractivity contribution in [2.24, 2.45) is 0 Å². The average Bonchev–Trinajstić information content (AvgIpc) is 2.75. The van der Waals surface area contributed by atoms with Gasteiger partial charge in [0.2, 0.25) is 10.0 Å². The van der Waals surface area contributed by atoms with Gasteiger partial charge in [-0.15, -0.1) is 0 Å². The topological polar surface area (TPSA) is 92.3 Å². The van der Waals surface area contributed by atoms with Crippen LogP contribution in [0.3, 0.4) is 0 Å². The van der Waals surface area contributed by atoms with Crippen LogP contribution in [-0.2, 0) is 19.9 Å². The zero-order valence-corrected chi connectivity index (χ0v) is 12.6. The zero-order chi connectivity index (χ0) is 14.6. The fourth-order valence-corrected chi connectivity index (χ4v) is 4.86. The summed E-state index contributed by atoms with van der Waals surface area (Å²) in [5, 5.41) is 3.06. The molecule has 1 fully saturated rings. The third-order valence-corrected chi connectivity index (χ3v) is 6.38. The van der Waals surface area contributed by atoms with Gasteiger partial charge in [-0.3, -0.25) is 0 Å². The van der Waals surface area contributed by atoms with Gasteiger partial charge in [0.15, 0.2) is 9.84 Å². The van der Waals surface area contributed by atoms with E-state index in [0.29, 0.717) is 13.0 Å². The summed E-state index contributed by atoms with van der Waals surface area (Å²) in [6, 6.07) is 8.06. The van der Waals surface area contributed by atoms with Gasteiger partial charge in [0.05, 0.1) is 16.4 Å². The molecule has 1 aromatic carbocycles. The molecule has 20 heavy (non-hydrogen) atoms. The van der Waals surface area contributed by atoms with Crippen LogP contribution in [0.25, 0.3) is 0 Å². The van der Waals surface area contributed by atoms with Crippen molar-refractivity contribution in [3.05, 3.63) is 30.3 Å². The van der Waals surface area contributed by atoms with Crippen LogP contribution in [0.2, 0.25) is 0 Å². The van der Waals surface area contributed by atoms with Gasteiger partial charge in [-0.2, -0.15) is 0 Å². The molecule has 0 unspecified atom stereocenters. The molecule has 112 valence electrons. The van der Waals surface area contributed by atoms with Gasteiger partial charge in [-0.25, -0.2) is 21.6 Å². The van der Waals surface area contributed by atoms with Crippen molar-refractivity contribution in [1.82, 2.24) is 10.0 Å². The smallest absolute Gasteiger partial charge is 0.240 e. The van der Waals surface area contributed by atoms with Gasteiger partial charge < -0.3 is 5.32 Å². The maximum Gasteiger partial charge on any atom is 0.240 e. The van der Waals surface area contributed by atoms with Crippen LogP contribution in [0.5, 0.6) is 0 Å². The van der Waals surface area contributed by atoms with Crippen LogP contribution in [-0.4, -0.2) is 47.5 Å². The van der Waals surface area contributed by atoms with E-state index < -0.39 is 19.9 Å². The molecule has 1 heterocycles. The van der Waals surface area contributed by atoms with Gasteiger partial charge in [-0.05, 0) is 18.6 Å². The van der Waals surface area contributed by atoms with Gasteiger partial charge in [0.25, 0.3) is 0 Å². The van der Waals surface area contributed by atoms with E-state index in [1.54, 1.807) is 18.2 Å². The maximum atomic E-state index is 11.9. The van der Waals surface area contributed by atoms with Crippen molar-refractivity contribution in [3.63, 3.8) is 0 Å². The third-order valence-electron chi connectivity index (χ3n) is 3.14. The van der Waals surface area contributed by atoms with E-state index in [-0.39, 0.29) is 29.0 Å². The Hall–Kier alpha value is -0.960. The van der Waals surface area contributed by atoms with Gasteiger partial charge in [0, 0.05) is 19.1 Å². The number of sulfone groups is 1. The fraction of sp³-hybridized carbons (Fsp3) is 0.500. The van der Waals surface area contributed by atoms with Crippen molar-refractivity contribution < 1.29 is 16.8 Å². The predicted octanol–water partition coefficient (Wildman–Crippen LogP) is -0.258. The lowest BCUT2D eigenvalue weighted by Crippen LogP contribution is -2.37. The quantitative estimate of drug-likeness (QED) is 0.705. The van der Waals surface area contributed by atoms with E-state index >= 15 is 0 Å². The van der Waals surface area contributed by atoms with E-state index in [0.717, 1.165) is 0 Å². The standard InChI is InChI=1S/C12H18N2O4S2/c15-19(16)9-6-11(10-19)13-7-8-14-20(17,18)12-4-2-1-3-5-12/h1-5,11,13-14H,6-10H2/t11-/m1/s1. The first-order valence-corrected chi connectivity index (χ1v) is 9.68. The highest BCUT2D eigenvalue weighted by atomic mass is 32.2. The number of rotatable bonds is 6. The largest absolute Gasteiger partial charge is 0.312 e. The lowest BCUT2D eigenvalue weighted by Gasteiger charge is -2.11. The molecule has 0 saturated carbocycles. The lowest BCUT2D eigenvalue weighted by atomic mass is 10.3. The minimum absolute atomic E-state index is 0.0683. The highest BCUT2D eigenvalue weighted by Gasteiger charge is 2.27. The maximum absolute atomic E-state index is 11.9.